The number of amides is 1. The van der Waals surface area contributed by atoms with Gasteiger partial charge < -0.3 is 24.7 Å². The van der Waals surface area contributed by atoms with Crippen molar-refractivity contribution in [2.24, 2.45) is 17.3 Å². The summed E-state index contributed by atoms with van der Waals surface area (Å²) in [5.74, 6) is -2.53. The van der Waals surface area contributed by atoms with Crippen LogP contribution in [-0.2, 0) is 14.3 Å². The first-order valence-corrected chi connectivity index (χ1v) is 11.6. The molecular weight excluding hydrogens is 467 g/mol. The van der Waals surface area contributed by atoms with Crippen molar-refractivity contribution in [3.05, 3.63) is 34.8 Å². The van der Waals surface area contributed by atoms with Gasteiger partial charge in [0.15, 0.2) is 5.89 Å². The number of aliphatic hydroxyl groups excluding tert-OH is 2. The number of rotatable bonds is 2. The van der Waals surface area contributed by atoms with Crippen LogP contribution >= 0.6 is 11.6 Å². The van der Waals surface area contributed by atoms with Gasteiger partial charge in [-0.05, 0) is 6.42 Å². The van der Waals surface area contributed by atoms with Crippen LogP contribution < -0.4 is 5.32 Å². The summed E-state index contributed by atoms with van der Waals surface area (Å²) in [6.07, 6.45) is 1.20. The Labute approximate surface area is 204 Å². The number of hydrogen-bond donors (Lipinski definition) is 3. The molecular formula is C24H34ClFN2O6. The molecule has 10 heteroatoms. The topological polar surface area (TPSA) is 122 Å². The molecule has 0 aromatic carbocycles. The van der Waals surface area contributed by atoms with Gasteiger partial charge in [-0.1, -0.05) is 45.4 Å². The summed E-state index contributed by atoms with van der Waals surface area (Å²) in [7, 11) is 0. The Balaban J connectivity index is 2.33. The van der Waals surface area contributed by atoms with Crippen LogP contribution in [0.25, 0.3) is 6.08 Å². The van der Waals surface area contributed by atoms with Crippen molar-refractivity contribution in [1.29, 1.82) is 0 Å². The van der Waals surface area contributed by atoms with Crippen LogP contribution in [0.2, 0.25) is 0 Å². The van der Waals surface area contributed by atoms with E-state index in [0.717, 1.165) is 6.08 Å². The SMILES string of the molecule is Cc1nc(/C=C(\F)[C@@H]2C/C=C(/Cl)COC[C@H](C)[C@H](O)[C@@H](C)C(=O)C(C)(C)[C@@H](O)CC(=O)N2)co1. The van der Waals surface area contributed by atoms with E-state index >= 15 is 4.39 Å². The van der Waals surface area contributed by atoms with Crippen LogP contribution in [0.15, 0.2) is 27.6 Å². The second-order valence-electron chi connectivity index (χ2n) is 9.40. The lowest BCUT2D eigenvalue weighted by Gasteiger charge is -2.34. The van der Waals surface area contributed by atoms with Crippen molar-refractivity contribution in [2.45, 2.75) is 65.7 Å². The number of ether oxygens (including phenoxy) is 1. The number of Topliss-reactive ketones (excluding diaryl/α,β-unsaturated/α-hetero) is 1. The number of oxazole rings is 1. The summed E-state index contributed by atoms with van der Waals surface area (Å²) >= 11 is 6.21. The number of aryl methyl sites for hydroxylation is 1. The number of carbonyl (C=O) groups is 2. The maximum Gasteiger partial charge on any atom is 0.223 e. The third-order valence-electron chi connectivity index (χ3n) is 6.14. The highest BCUT2D eigenvalue weighted by atomic mass is 35.5. The molecule has 190 valence electrons. The summed E-state index contributed by atoms with van der Waals surface area (Å²) in [5.41, 5.74) is -1.07. The molecule has 34 heavy (non-hydrogen) atoms. The summed E-state index contributed by atoms with van der Waals surface area (Å²) in [5, 5.41) is 24.2. The van der Waals surface area contributed by atoms with Gasteiger partial charge in [-0.15, -0.1) is 0 Å². The van der Waals surface area contributed by atoms with Gasteiger partial charge in [0, 0.05) is 29.9 Å². The average molecular weight is 501 g/mol. The Hall–Kier alpha value is -2.07. The molecule has 5 atom stereocenters. The van der Waals surface area contributed by atoms with Gasteiger partial charge in [0.2, 0.25) is 5.91 Å². The van der Waals surface area contributed by atoms with Gasteiger partial charge in [-0.3, -0.25) is 9.59 Å². The summed E-state index contributed by atoms with van der Waals surface area (Å²) in [6, 6.07) is -1.09. The predicted octanol–water partition coefficient (Wildman–Crippen LogP) is 3.30. The molecule has 8 nitrogen and oxygen atoms in total. The van der Waals surface area contributed by atoms with Gasteiger partial charge in [0.25, 0.3) is 0 Å². The lowest BCUT2D eigenvalue weighted by molar-refractivity contribution is -0.143. The molecule has 1 aromatic heterocycles. The number of hydrogen-bond acceptors (Lipinski definition) is 7. The van der Waals surface area contributed by atoms with E-state index in [9.17, 15) is 19.8 Å². The number of nitrogens with zero attached hydrogens (tertiary/aromatic N) is 1. The average Bonchev–Trinajstić information content (AvgIpc) is 3.18. The van der Waals surface area contributed by atoms with Crippen LogP contribution in [0.3, 0.4) is 0 Å². The monoisotopic (exact) mass is 500 g/mol. The van der Waals surface area contributed by atoms with E-state index in [4.69, 9.17) is 20.8 Å². The molecule has 0 bridgehead atoms. The highest BCUT2D eigenvalue weighted by molar-refractivity contribution is 6.29. The smallest absolute Gasteiger partial charge is 0.223 e. The minimum Gasteiger partial charge on any atom is -0.449 e. The Morgan fingerprint density at radius 3 is 2.62 bits per heavy atom. The molecule has 1 amide bonds. The maximum absolute atomic E-state index is 15.1. The van der Waals surface area contributed by atoms with Crippen LogP contribution in [-0.4, -0.2) is 58.4 Å². The van der Waals surface area contributed by atoms with Gasteiger partial charge >= 0.3 is 0 Å². The number of aromatic nitrogens is 1. The molecule has 2 heterocycles. The summed E-state index contributed by atoms with van der Waals surface area (Å²) in [6.45, 7) is 8.16. The second-order valence-corrected chi connectivity index (χ2v) is 9.89. The van der Waals surface area contributed by atoms with Crippen LogP contribution in [0.1, 0.15) is 52.1 Å². The Kier molecular flexibility index (Phi) is 9.99. The molecule has 0 unspecified atom stereocenters. The molecule has 0 spiro atoms. The van der Waals surface area contributed by atoms with Crippen molar-refractivity contribution < 1.29 is 33.3 Å². The number of nitrogens with one attached hydrogen (secondary N) is 1. The summed E-state index contributed by atoms with van der Waals surface area (Å²) in [4.78, 5) is 29.8. The fourth-order valence-electron chi connectivity index (χ4n) is 3.76. The van der Waals surface area contributed by atoms with Gasteiger partial charge in [-0.2, -0.15) is 0 Å². The van der Waals surface area contributed by atoms with E-state index < -0.39 is 47.7 Å². The first-order chi connectivity index (χ1) is 15.8. The Morgan fingerprint density at radius 1 is 1.32 bits per heavy atom. The molecule has 2 rings (SSSR count). The van der Waals surface area contributed by atoms with Gasteiger partial charge in [0.1, 0.15) is 23.6 Å². The van der Waals surface area contributed by atoms with Crippen LogP contribution in [0.4, 0.5) is 4.39 Å². The van der Waals surface area contributed by atoms with Gasteiger partial charge in [0.05, 0.1) is 43.3 Å². The van der Waals surface area contributed by atoms with Crippen molar-refractivity contribution in [2.75, 3.05) is 13.2 Å². The van der Waals surface area contributed by atoms with E-state index in [1.54, 1.807) is 20.8 Å². The van der Waals surface area contributed by atoms with Crippen molar-refractivity contribution in [3.8, 4) is 0 Å². The highest BCUT2D eigenvalue weighted by Crippen LogP contribution is 2.31. The fourth-order valence-corrected chi connectivity index (χ4v) is 3.92. The second kappa shape index (κ2) is 12.1. The molecule has 0 saturated heterocycles. The third kappa shape index (κ3) is 7.46. The lowest BCUT2D eigenvalue weighted by atomic mass is 9.73. The van der Waals surface area contributed by atoms with Crippen LogP contribution in [0, 0.1) is 24.2 Å². The molecule has 1 aromatic rings. The fraction of sp³-hybridized carbons (Fsp3) is 0.625. The first-order valence-electron chi connectivity index (χ1n) is 11.2. The standard InChI is InChI=1S/C24H34ClFN2O6/c1-13-10-33-11-16(25)6-7-19(18(26)8-17-12-34-15(3)27-17)28-21(30)9-20(29)24(4,5)23(32)14(2)22(13)31/h6,8,12-14,19-20,22,29,31H,7,9-11H2,1-5H3,(H,28,30)/b16-6+,18-8-/t13-,14+,19-,20-,22-/m0/s1. The number of ketones is 1. The molecule has 3 N–H and O–H groups in total. The number of carbonyl (C=O) groups excluding carboxylic acids is 2. The lowest BCUT2D eigenvalue weighted by Crippen LogP contribution is -2.47. The van der Waals surface area contributed by atoms with E-state index in [1.165, 1.54) is 26.2 Å². The van der Waals surface area contributed by atoms with Crippen molar-refractivity contribution >= 4 is 29.4 Å². The Morgan fingerprint density at radius 2 is 2.00 bits per heavy atom. The number of aliphatic hydroxyl groups is 2. The van der Waals surface area contributed by atoms with Crippen molar-refractivity contribution in [1.82, 2.24) is 10.3 Å². The predicted molar refractivity (Wildman–Crippen MR) is 125 cm³/mol. The van der Waals surface area contributed by atoms with Crippen LogP contribution in [0.5, 0.6) is 0 Å². The third-order valence-corrected chi connectivity index (χ3v) is 6.41. The van der Waals surface area contributed by atoms with E-state index in [1.807, 2.05) is 0 Å². The van der Waals surface area contributed by atoms with E-state index in [-0.39, 0.29) is 37.0 Å². The van der Waals surface area contributed by atoms with Crippen molar-refractivity contribution in [3.63, 3.8) is 0 Å². The molecule has 1 aliphatic heterocycles. The maximum atomic E-state index is 15.1. The normalized spacial score (nSPS) is 32.1. The molecule has 1 aliphatic rings. The largest absolute Gasteiger partial charge is 0.449 e. The molecule has 0 radical (unpaired) electrons. The zero-order valence-corrected chi connectivity index (χ0v) is 20.9. The minimum atomic E-state index is -1.35. The van der Waals surface area contributed by atoms with Gasteiger partial charge in [-0.25, -0.2) is 9.37 Å². The zero-order valence-electron chi connectivity index (χ0n) is 20.2. The zero-order chi connectivity index (χ0) is 25.6. The quantitative estimate of drug-likeness (QED) is 0.569. The number of halogens is 2. The molecule has 0 aliphatic carbocycles. The highest BCUT2D eigenvalue weighted by Gasteiger charge is 2.42. The summed E-state index contributed by atoms with van der Waals surface area (Å²) < 4.78 is 25.7. The minimum absolute atomic E-state index is 0.0146. The Bertz CT molecular complexity index is 928. The first kappa shape index (κ1) is 28.2. The molecule has 0 saturated carbocycles. The van der Waals surface area contributed by atoms with E-state index in [2.05, 4.69) is 10.3 Å². The van der Waals surface area contributed by atoms with E-state index in [0.29, 0.717) is 10.9 Å². The molecule has 0 fully saturated rings.